The number of amides is 1. The lowest BCUT2D eigenvalue weighted by molar-refractivity contribution is -0.0325. The maximum atomic E-state index is 15.0. The molecule has 1 unspecified atom stereocenters. The van der Waals surface area contributed by atoms with E-state index in [1.807, 2.05) is 0 Å². The Hall–Kier alpha value is -3.18. The number of anilines is 1. The first-order valence-corrected chi connectivity index (χ1v) is 11.2. The fraction of sp³-hybridized carbons (Fsp3) is 0.273. The highest BCUT2D eigenvalue weighted by atomic mass is 79.9. The molecule has 33 heavy (non-hydrogen) atoms. The number of pyridine rings is 1. The van der Waals surface area contributed by atoms with Crippen molar-refractivity contribution in [2.45, 2.75) is 32.4 Å². The zero-order chi connectivity index (χ0) is 23.1. The molecular weight excluding hydrogens is 498 g/mol. The van der Waals surface area contributed by atoms with Crippen LogP contribution < -0.4 is 5.32 Å². The van der Waals surface area contributed by atoms with Crippen molar-refractivity contribution in [3.63, 3.8) is 0 Å². The van der Waals surface area contributed by atoms with Gasteiger partial charge < -0.3 is 10.1 Å². The van der Waals surface area contributed by atoms with E-state index in [0.717, 1.165) is 19.3 Å². The summed E-state index contributed by atoms with van der Waals surface area (Å²) in [6.45, 7) is 2.30. The van der Waals surface area contributed by atoms with Gasteiger partial charge in [-0.05, 0) is 71.9 Å². The molecule has 1 aliphatic heterocycles. The van der Waals surface area contributed by atoms with Crippen LogP contribution in [0, 0.1) is 18.6 Å². The van der Waals surface area contributed by atoms with Gasteiger partial charge in [-0.25, -0.2) is 13.3 Å². The summed E-state index contributed by atoms with van der Waals surface area (Å²) in [5.74, 6) is -1.11. The summed E-state index contributed by atoms with van der Waals surface area (Å²) in [5.41, 5.74) is 1.85. The van der Waals surface area contributed by atoms with Gasteiger partial charge in [0.25, 0.3) is 5.91 Å². The Morgan fingerprint density at radius 1 is 1.24 bits per heavy atom. The fourth-order valence-electron chi connectivity index (χ4n) is 3.94. The summed E-state index contributed by atoms with van der Waals surface area (Å²) in [7, 11) is 0. The van der Waals surface area contributed by atoms with Gasteiger partial charge in [-0.2, -0.15) is 5.10 Å². The van der Waals surface area contributed by atoms with Crippen LogP contribution in [0.1, 0.15) is 41.4 Å². The fourth-order valence-corrected chi connectivity index (χ4v) is 4.42. The van der Waals surface area contributed by atoms with Crippen LogP contribution in [0.25, 0.3) is 16.9 Å². The molecule has 1 N–H and O–H groups in total. The average Bonchev–Trinajstić information content (AvgIpc) is 3.39. The molecule has 5 rings (SSSR count). The molecule has 0 radical (unpaired) electrons. The third-order valence-corrected chi connectivity index (χ3v) is 6.17. The number of carbonyl (C=O) groups excluding carboxylic acids is 1. The molecule has 0 bridgehead atoms. The molecule has 1 aliphatic rings. The molecular formula is C22H19BrF2N6O2. The zero-order valence-corrected chi connectivity index (χ0v) is 19.1. The van der Waals surface area contributed by atoms with Gasteiger partial charge in [0.15, 0.2) is 5.82 Å². The van der Waals surface area contributed by atoms with E-state index in [0.29, 0.717) is 33.9 Å². The molecule has 1 saturated heterocycles. The van der Waals surface area contributed by atoms with Crippen LogP contribution in [0.4, 0.5) is 14.5 Å². The van der Waals surface area contributed by atoms with E-state index >= 15 is 4.39 Å². The van der Waals surface area contributed by atoms with Crippen LogP contribution in [-0.4, -0.2) is 36.9 Å². The molecule has 0 spiro atoms. The molecule has 170 valence electrons. The number of ether oxygens (including phenoxy) is 1. The number of rotatable bonds is 4. The van der Waals surface area contributed by atoms with Crippen LogP contribution in [0.15, 0.2) is 41.4 Å². The number of hydrogen-bond donors (Lipinski definition) is 1. The minimum absolute atomic E-state index is 0.185. The van der Waals surface area contributed by atoms with Crippen molar-refractivity contribution in [1.82, 2.24) is 24.4 Å². The van der Waals surface area contributed by atoms with Gasteiger partial charge in [0.1, 0.15) is 17.9 Å². The number of aromatic nitrogens is 5. The van der Waals surface area contributed by atoms with E-state index in [4.69, 9.17) is 4.74 Å². The second-order valence-corrected chi connectivity index (χ2v) is 8.53. The largest absolute Gasteiger partial charge is 0.358 e. The first kappa shape index (κ1) is 21.7. The van der Waals surface area contributed by atoms with Gasteiger partial charge in [0.05, 0.1) is 29.0 Å². The zero-order valence-electron chi connectivity index (χ0n) is 17.6. The van der Waals surface area contributed by atoms with Crippen molar-refractivity contribution in [1.29, 1.82) is 0 Å². The first-order chi connectivity index (χ1) is 15.9. The van der Waals surface area contributed by atoms with Gasteiger partial charge in [-0.15, -0.1) is 10.2 Å². The highest BCUT2D eigenvalue weighted by Gasteiger charge is 2.26. The third kappa shape index (κ3) is 4.02. The Labute approximate surface area is 195 Å². The minimum Gasteiger partial charge on any atom is -0.358 e. The molecule has 1 amide bonds. The lowest BCUT2D eigenvalue weighted by Gasteiger charge is -2.25. The Kier molecular flexibility index (Phi) is 5.67. The molecule has 11 heteroatoms. The lowest BCUT2D eigenvalue weighted by atomic mass is 10.1. The number of nitrogens with one attached hydrogen (secondary N) is 1. The average molecular weight is 517 g/mol. The van der Waals surface area contributed by atoms with Crippen molar-refractivity contribution < 1.29 is 18.3 Å². The van der Waals surface area contributed by atoms with E-state index in [1.165, 1.54) is 41.2 Å². The third-order valence-electron chi connectivity index (χ3n) is 5.63. The quantitative estimate of drug-likeness (QED) is 0.417. The highest BCUT2D eigenvalue weighted by Crippen LogP contribution is 2.34. The monoisotopic (exact) mass is 516 g/mol. The van der Waals surface area contributed by atoms with Crippen LogP contribution >= 0.6 is 15.9 Å². The predicted molar refractivity (Wildman–Crippen MR) is 120 cm³/mol. The van der Waals surface area contributed by atoms with E-state index < -0.39 is 17.5 Å². The van der Waals surface area contributed by atoms with Gasteiger partial charge in [-0.3, -0.25) is 9.36 Å². The first-order valence-electron chi connectivity index (χ1n) is 10.4. The van der Waals surface area contributed by atoms with E-state index in [1.54, 1.807) is 11.5 Å². The SMILES string of the molecule is Cc1cc(F)c(-c2nnc(Br)n2C2CCCCO2)cc1NC(=O)c1cnn2cc(F)ccc12. The van der Waals surface area contributed by atoms with Gasteiger partial charge in [0.2, 0.25) is 4.73 Å². The van der Waals surface area contributed by atoms with E-state index in [2.05, 4.69) is 36.5 Å². The molecule has 8 nitrogen and oxygen atoms in total. The summed E-state index contributed by atoms with van der Waals surface area (Å²) in [5, 5.41) is 15.0. The van der Waals surface area contributed by atoms with Crippen LogP contribution in [0.2, 0.25) is 0 Å². The molecule has 1 fully saturated rings. The molecule has 0 aliphatic carbocycles. The summed E-state index contributed by atoms with van der Waals surface area (Å²) < 4.78 is 37.8. The standard InChI is InChI=1S/C22H19BrF2N6O2/c1-12-8-16(25)14(20-28-29-22(23)31(20)19-4-2-3-7-33-19)9-17(12)27-21(32)15-10-26-30-11-13(24)5-6-18(15)30/h5-6,8-11,19H,2-4,7H2,1H3,(H,27,32). The smallest absolute Gasteiger partial charge is 0.259 e. The van der Waals surface area contributed by atoms with Crippen molar-refractivity contribution in [2.24, 2.45) is 0 Å². The Morgan fingerprint density at radius 2 is 2.09 bits per heavy atom. The Morgan fingerprint density at radius 3 is 2.88 bits per heavy atom. The summed E-state index contributed by atoms with van der Waals surface area (Å²) >= 11 is 3.38. The molecule has 3 aromatic heterocycles. The summed E-state index contributed by atoms with van der Waals surface area (Å²) in [4.78, 5) is 13.0. The van der Waals surface area contributed by atoms with E-state index in [-0.39, 0.29) is 17.4 Å². The maximum absolute atomic E-state index is 15.0. The Bertz CT molecular complexity index is 1360. The number of fused-ring (bicyclic) bond motifs is 1. The van der Waals surface area contributed by atoms with E-state index in [9.17, 15) is 9.18 Å². The number of nitrogens with zero attached hydrogens (tertiary/aromatic N) is 5. The summed E-state index contributed by atoms with van der Waals surface area (Å²) in [6.07, 6.45) is 4.95. The second kappa shape index (κ2) is 8.64. The van der Waals surface area contributed by atoms with Crippen LogP contribution in [0.3, 0.4) is 0 Å². The normalized spacial score (nSPS) is 16.3. The highest BCUT2D eigenvalue weighted by molar-refractivity contribution is 9.10. The van der Waals surface area contributed by atoms with Crippen LogP contribution in [0.5, 0.6) is 0 Å². The van der Waals surface area contributed by atoms with Crippen molar-refractivity contribution in [3.05, 3.63) is 64.2 Å². The minimum atomic E-state index is -0.492. The molecule has 4 aromatic rings. The van der Waals surface area contributed by atoms with Gasteiger partial charge >= 0.3 is 0 Å². The van der Waals surface area contributed by atoms with Crippen molar-refractivity contribution >= 4 is 33.0 Å². The predicted octanol–water partition coefficient (Wildman–Crippen LogP) is 4.89. The van der Waals surface area contributed by atoms with Gasteiger partial charge in [-0.1, -0.05) is 0 Å². The Balaban J connectivity index is 1.50. The topological polar surface area (TPSA) is 86.3 Å². The van der Waals surface area contributed by atoms with Crippen molar-refractivity contribution in [2.75, 3.05) is 11.9 Å². The molecule has 0 saturated carbocycles. The molecule has 1 atom stereocenters. The lowest BCUT2D eigenvalue weighted by Crippen LogP contribution is -2.19. The van der Waals surface area contributed by atoms with Crippen LogP contribution in [-0.2, 0) is 4.74 Å². The molecule has 1 aromatic carbocycles. The number of halogens is 3. The number of carbonyl (C=O) groups is 1. The molecule has 4 heterocycles. The number of hydrogen-bond acceptors (Lipinski definition) is 5. The second-order valence-electron chi connectivity index (χ2n) is 7.82. The summed E-state index contributed by atoms with van der Waals surface area (Å²) in [6, 6.07) is 5.60. The van der Waals surface area contributed by atoms with Crippen molar-refractivity contribution in [3.8, 4) is 11.4 Å². The number of aryl methyl sites for hydroxylation is 1. The number of benzene rings is 1. The maximum Gasteiger partial charge on any atom is 0.259 e. The van der Waals surface area contributed by atoms with Gasteiger partial charge in [0, 0.05) is 12.3 Å².